The predicted molar refractivity (Wildman–Crippen MR) is 76.6 cm³/mol. The Hall–Kier alpha value is -1.09. The highest BCUT2D eigenvalue weighted by Gasteiger charge is 2.25. The molecule has 0 bridgehead atoms. The van der Waals surface area contributed by atoms with Crippen molar-refractivity contribution in [2.24, 2.45) is 11.8 Å². The molecule has 1 aromatic rings. The first-order valence-electron chi connectivity index (χ1n) is 7.10. The highest BCUT2D eigenvalue weighted by molar-refractivity contribution is 5.43. The topological polar surface area (TPSA) is 28.2 Å². The van der Waals surface area contributed by atoms with Gasteiger partial charge >= 0.3 is 0 Å². The standard InChI is InChI=1S/C15H25N3/c1-4-6-16-14-5-7-17-15(8-14)11-18-9-12(2)13(3)10-18/h5,7-8,12-13H,4,6,9-11H2,1-3H3,(H,16,17). The molecular formula is C15H25N3. The van der Waals surface area contributed by atoms with Crippen molar-refractivity contribution in [1.82, 2.24) is 9.88 Å². The number of pyridine rings is 1. The lowest BCUT2D eigenvalue weighted by Crippen LogP contribution is -2.20. The van der Waals surface area contributed by atoms with Gasteiger partial charge in [-0.2, -0.15) is 0 Å². The Balaban J connectivity index is 1.93. The third-order valence-corrected chi connectivity index (χ3v) is 3.85. The molecule has 0 aromatic carbocycles. The Kier molecular flexibility index (Phi) is 4.59. The number of likely N-dealkylation sites (tertiary alicyclic amines) is 1. The monoisotopic (exact) mass is 247 g/mol. The van der Waals surface area contributed by atoms with Crippen LogP contribution in [-0.2, 0) is 6.54 Å². The van der Waals surface area contributed by atoms with E-state index in [0.29, 0.717) is 0 Å². The maximum absolute atomic E-state index is 4.48. The summed E-state index contributed by atoms with van der Waals surface area (Å²) in [6, 6.07) is 4.23. The first kappa shape index (κ1) is 13.3. The van der Waals surface area contributed by atoms with E-state index in [4.69, 9.17) is 0 Å². The second-order valence-corrected chi connectivity index (χ2v) is 5.61. The molecule has 1 aromatic heterocycles. The van der Waals surface area contributed by atoms with E-state index in [-0.39, 0.29) is 0 Å². The maximum Gasteiger partial charge on any atom is 0.0564 e. The largest absolute Gasteiger partial charge is 0.385 e. The molecule has 1 aliphatic rings. The van der Waals surface area contributed by atoms with Crippen LogP contribution in [0.1, 0.15) is 32.9 Å². The fourth-order valence-electron chi connectivity index (χ4n) is 2.55. The minimum atomic E-state index is 0.811. The van der Waals surface area contributed by atoms with Gasteiger partial charge in [0.25, 0.3) is 0 Å². The van der Waals surface area contributed by atoms with Crippen LogP contribution in [0.15, 0.2) is 18.3 Å². The molecule has 2 heterocycles. The summed E-state index contributed by atoms with van der Waals surface area (Å²) >= 11 is 0. The summed E-state index contributed by atoms with van der Waals surface area (Å²) in [5, 5.41) is 3.42. The number of nitrogens with zero attached hydrogens (tertiary/aromatic N) is 2. The summed E-state index contributed by atoms with van der Waals surface area (Å²) in [6.45, 7) is 11.3. The van der Waals surface area contributed by atoms with E-state index in [9.17, 15) is 0 Å². The molecule has 0 saturated carbocycles. The van der Waals surface area contributed by atoms with Crippen LogP contribution < -0.4 is 5.32 Å². The van der Waals surface area contributed by atoms with Crippen molar-refractivity contribution in [3.05, 3.63) is 24.0 Å². The Morgan fingerprint density at radius 2 is 2.06 bits per heavy atom. The lowest BCUT2D eigenvalue weighted by Gasteiger charge is -2.15. The van der Waals surface area contributed by atoms with Crippen LogP contribution in [0, 0.1) is 11.8 Å². The summed E-state index contributed by atoms with van der Waals surface area (Å²) in [5.74, 6) is 1.62. The van der Waals surface area contributed by atoms with Gasteiger partial charge in [0, 0.05) is 38.1 Å². The Morgan fingerprint density at radius 3 is 2.72 bits per heavy atom. The van der Waals surface area contributed by atoms with Crippen LogP contribution in [0.2, 0.25) is 0 Å². The van der Waals surface area contributed by atoms with E-state index >= 15 is 0 Å². The van der Waals surface area contributed by atoms with Crippen molar-refractivity contribution in [3.63, 3.8) is 0 Å². The van der Waals surface area contributed by atoms with Gasteiger partial charge in [-0.1, -0.05) is 20.8 Å². The SMILES string of the molecule is CCCNc1ccnc(CN2CC(C)C(C)C2)c1. The Morgan fingerprint density at radius 1 is 1.33 bits per heavy atom. The highest BCUT2D eigenvalue weighted by atomic mass is 15.2. The van der Waals surface area contributed by atoms with Crippen LogP contribution in [0.3, 0.4) is 0 Å². The molecule has 1 aliphatic heterocycles. The molecule has 1 saturated heterocycles. The average molecular weight is 247 g/mol. The molecule has 18 heavy (non-hydrogen) atoms. The van der Waals surface area contributed by atoms with Crippen molar-refractivity contribution in [3.8, 4) is 0 Å². The quantitative estimate of drug-likeness (QED) is 0.867. The number of aromatic nitrogens is 1. The van der Waals surface area contributed by atoms with Gasteiger partial charge in [0.15, 0.2) is 0 Å². The highest BCUT2D eigenvalue weighted by Crippen LogP contribution is 2.23. The molecule has 0 amide bonds. The van der Waals surface area contributed by atoms with E-state index in [1.807, 2.05) is 12.3 Å². The minimum Gasteiger partial charge on any atom is -0.385 e. The molecule has 0 spiro atoms. The van der Waals surface area contributed by atoms with Crippen molar-refractivity contribution >= 4 is 5.69 Å². The minimum absolute atomic E-state index is 0.811. The lowest BCUT2D eigenvalue weighted by molar-refractivity contribution is 0.312. The van der Waals surface area contributed by atoms with Crippen molar-refractivity contribution in [2.75, 3.05) is 25.0 Å². The van der Waals surface area contributed by atoms with Gasteiger partial charge in [-0.15, -0.1) is 0 Å². The first-order chi connectivity index (χ1) is 8.69. The molecule has 0 radical (unpaired) electrons. The number of hydrogen-bond donors (Lipinski definition) is 1. The van der Waals surface area contributed by atoms with Crippen LogP contribution in [0.5, 0.6) is 0 Å². The van der Waals surface area contributed by atoms with Crippen molar-refractivity contribution < 1.29 is 0 Å². The van der Waals surface area contributed by atoms with Crippen LogP contribution in [-0.4, -0.2) is 29.5 Å². The maximum atomic E-state index is 4.48. The molecule has 1 N–H and O–H groups in total. The number of nitrogens with one attached hydrogen (secondary N) is 1. The van der Waals surface area contributed by atoms with Gasteiger partial charge in [-0.3, -0.25) is 9.88 Å². The molecular weight excluding hydrogens is 222 g/mol. The molecule has 2 rings (SSSR count). The molecule has 0 aliphatic carbocycles. The summed E-state index contributed by atoms with van der Waals surface area (Å²) in [4.78, 5) is 6.99. The van der Waals surface area contributed by atoms with Gasteiger partial charge in [0.1, 0.15) is 0 Å². The molecule has 2 unspecified atom stereocenters. The van der Waals surface area contributed by atoms with Crippen molar-refractivity contribution in [1.29, 1.82) is 0 Å². The molecule has 1 fully saturated rings. The smallest absolute Gasteiger partial charge is 0.0564 e. The van der Waals surface area contributed by atoms with Gasteiger partial charge < -0.3 is 5.32 Å². The first-order valence-corrected chi connectivity index (χ1v) is 7.10. The lowest BCUT2D eigenvalue weighted by atomic mass is 10.0. The van der Waals surface area contributed by atoms with Gasteiger partial charge in [0.05, 0.1) is 5.69 Å². The summed E-state index contributed by atoms with van der Waals surface area (Å²) in [6.07, 6.45) is 3.06. The zero-order valence-electron chi connectivity index (χ0n) is 11.8. The van der Waals surface area contributed by atoms with E-state index in [1.54, 1.807) is 0 Å². The third-order valence-electron chi connectivity index (χ3n) is 3.85. The fourth-order valence-corrected chi connectivity index (χ4v) is 2.55. The second kappa shape index (κ2) is 6.19. The van der Waals surface area contributed by atoms with Crippen molar-refractivity contribution in [2.45, 2.75) is 33.7 Å². The Bertz CT molecular complexity index is 368. The zero-order valence-corrected chi connectivity index (χ0v) is 11.8. The molecule has 3 nitrogen and oxygen atoms in total. The fraction of sp³-hybridized carbons (Fsp3) is 0.667. The molecule has 3 heteroatoms. The zero-order chi connectivity index (χ0) is 13.0. The number of hydrogen-bond acceptors (Lipinski definition) is 3. The number of anilines is 1. The van der Waals surface area contributed by atoms with Gasteiger partial charge in [-0.25, -0.2) is 0 Å². The Labute approximate surface area is 111 Å². The van der Waals surface area contributed by atoms with E-state index in [1.165, 1.54) is 24.5 Å². The molecule has 2 atom stereocenters. The normalized spacial score (nSPS) is 24.4. The summed E-state index contributed by atoms with van der Waals surface area (Å²) in [5.41, 5.74) is 2.37. The van der Waals surface area contributed by atoms with E-state index < -0.39 is 0 Å². The van der Waals surface area contributed by atoms with Gasteiger partial charge in [-0.05, 0) is 30.4 Å². The van der Waals surface area contributed by atoms with Crippen LogP contribution in [0.25, 0.3) is 0 Å². The van der Waals surface area contributed by atoms with Gasteiger partial charge in [0.2, 0.25) is 0 Å². The van der Waals surface area contributed by atoms with E-state index in [0.717, 1.165) is 31.3 Å². The van der Waals surface area contributed by atoms with E-state index in [2.05, 4.69) is 42.0 Å². The third kappa shape index (κ3) is 3.45. The predicted octanol–water partition coefficient (Wildman–Crippen LogP) is 2.99. The number of rotatable bonds is 5. The van der Waals surface area contributed by atoms with Crippen LogP contribution in [0.4, 0.5) is 5.69 Å². The second-order valence-electron chi connectivity index (χ2n) is 5.61. The summed E-state index contributed by atoms with van der Waals surface area (Å²) in [7, 11) is 0. The summed E-state index contributed by atoms with van der Waals surface area (Å²) < 4.78 is 0. The van der Waals surface area contributed by atoms with Crippen LogP contribution >= 0.6 is 0 Å². The average Bonchev–Trinajstić information content (AvgIpc) is 2.66. The molecule has 100 valence electrons.